The van der Waals surface area contributed by atoms with Gasteiger partial charge in [0.15, 0.2) is 5.78 Å². The minimum Gasteiger partial charge on any atom is -0.344 e. The van der Waals surface area contributed by atoms with Crippen molar-refractivity contribution in [3.05, 3.63) is 83.1 Å². The first-order valence-electron chi connectivity index (χ1n) is 6.99. The van der Waals surface area contributed by atoms with E-state index in [4.69, 9.17) is 0 Å². The molecule has 2 aromatic carbocycles. The molecule has 1 aliphatic rings. The van der Waals surface area contributed by atoms with Gasteiger partial charge in [-0.05, 0) is 30.7 Å². The van der Waals surface area contributed by atoms with E-state index in [1.165, 1.54) is 5.56 Å². The van der Waals surface area contributed by atoms with Crippen LogP contribution in [0.4, 0.5) is 5.69 Å². The summed E-state index contributed by atoms with van der Waals surface area (Å²) in [6.07, 6.45) is 5.72. The molecule has 0 amide bonds. The number of fused-ring (bicyclic) bond motifs is 1. The zero-order valence-corrected chi connectivity index (χ0v) is 12.2. The second-order valence-corrected chi connectivity index (χ2v) is 5.25. The van der Waals surface area contributed by atoms with E-state index in [1.54, 1.807) is 6.08 Å². The zero-order chi connectivity index (χ0) is 14.8. The largest absolute Gasteiger partial charge is 0.344 e. The Kier molecular flexibility index (Phi) is 3.44. The normalized spacial score (nSPS) is 15.1. The molecule has 0 atom stereocenters. The van der Waals surface area contributed by atoms with Crippen LogP contribution >= 0.6 is 0 Å². The van der Waals surface area contributed by atoms with Gasteiger partial charge >= 0.3 is 0 Å². The van der Waals surface area contributed by atoms with E-state index in [1.807, 2.05) is 67.4 Å². The Balaban J connectivity index is 1.93. The monoisotopic (exact) mass is 275 g/mol. The van der Waals surface area contributed by atoms with E-state index >= 15 is 0 Å². The Morgan fingerprint density at radius 2 is 1.86 bits per heavy atom. The zero-order valence-electron chi connectivity index (χ0n) is 12.2. The predicted molar refractivity (Wildman–Crippen MR) is 87.5 cm³/mol. The van der Waals surface area contributed by atoms with Gasteiger partial charge in [0.1, 0.15) is 0 Å². The summed E-state index contributed by atoms with van der Waals surface area (Å²) in [5, 5.41) is 0. The van der Waals surface area contributed by atoms with Crippen LogP contribution in [-0.4, -0.2) is 12.8 Å². The van der Waals surface area contributed by atoms with E-state index in [0.717, 1.165) is 22.5 Å². The fourth-order valence-electron chi connectivity index (χ4n) is 2.52. The van der Waals surface area contributed by atoms with Gasteiger partial charge in [0.05, 0.1) is 0 Å². The molecule has 1 aliphatic heterocycles. The van der Waals surface area contributed by atoms with Gasteiger partial charge < -0.3 is 4.90 Å². The van der Waals surface area contributed by atoms with Crippen LogP contribution in [0, 0.1) is 6.92 Å². The van der Waals surface area contributed by atoms with Crippen molar-refractivity contribution in [2.75, 3.05) is 11.9 Å². The Bertz CT molecular complexity index is 756. The molecule has 2 nitrogen and oxygen atoms in total. The Hall–Kier alpha value is -2.61. The number of ketones is 1. The smallest absolute Gasteiger partial charge is 0.187 e. The second kappa shape index (κ2) is 5.41. The van der Waals surface area contributed by atoms with Gasteiger partial charge in [0.2, 0.25) is 0 Å². The van der Waals surface area contributed by atoms with E-state index in [9.17, 15) is 4.79 Å². The highest BCUT2D eigenvalue weighted by Crippen LogP contribution is 2.29. The highest BCUT2D eigenvalue weighted by atomic mass is 16.1. The lowest BCUT2D eigenvalue weighted by Crippen LogP contribution is -2.19. The van der Waals surface area contributed by atoms with Crippen molar-refractivity contribution < 1.29 is 4.79 Å². The lowest BCUT2D eigenvalue weighted by Gasteiger charge is -2.26. The minimum atomic E-state index is 0.0320. The third-order valence-corrected chi connectivity index (χ3v) is 3.70. The lowest BCUT2D eigenvalue weighted by atomic mass is 10.0. The Morgan fingerprint density at radius 3 is 2.67 bits per heavy atom. The number of aryl methyl sites for hydroxylation is 1. The van der Waals surface area contributed by atoms with E-state index in [0.29, 0.717) is 0 Å². The maximum Gasteiger partial charge on any atom is 0.187 e. The highest BCUT2D eigenvalue weighted by molar-refractivity contribution is 6.06. The minimum absolute atomic E-state index is 0.0320. The van der Waals surface area contributed by atoms with Gasteiger partial charge in [-0.25, -0.2) is 0 Å². The number of nitrogens with zero attached hydrogens (tertiary/aromatic N) is 1. The van der Waals surface area contributed by atoms with Crippen LogP contribution in [0.5, 0.6) is 0 Å². The summed E-state index contributed by atoms with van der Waals surface area (Å²) < 4.78 is 0. The van der Waals surface area contributed by atoms with E-state index in [2.05, 4.69) is 12.1 Å². The second-order valence-electron chi connectivity index (χ2n) is 5.25. The number of benzene rings is 2. The molecular formula is C19H17NO. The van der Waals surface area contributed by atoms with E-state index < -0.39 is 0 Å². The van der Waals surface area contributed by atoms with Gasteiger partial charge in [-0.15, -0.1) is 0 Å². The molecule has 1 heterocycles. The number of anilines is 1. The molecule has 0 N–H and O–H groups in total. The quantitative estimate of drug-likeness (QED) is 0.604. The van der Waals surface area contributed by atoms with Gasteiger partial charge in [0.25, 0.3) is 0 Å². The molecule has 0 aliphatic carbocycles. The van der Waals surface area contributed by atoms with Crippen LogP contribution in [-0.2, 0) is 0 Å². The molecule has 0 unspecified atom stereocenters. The van der Waals surface area contributed by atoms with Gasteiger partial charge in [-0.2, -0.15) is 0 Å². The Morgan fingerprint density at radius 1 is 1.05 bits per heavy atom. The van der Waals surface area contributed by atoms with E-state index in [-0.39, 0.29) is 5.78 Å². The average molecular weight is 275 g/mol. The molecule has 0 saturated heterocycles. The maximum atomic E-state index is 12.4. The van der Waals surface area contributed by atoms with Gasteiger partial charge in [-0.3, -0.25) is 4.79 Å². The Labute approximate surface area is 125 Å². The first kappa shape index (κ1) is 13.4. The average Bonchev–Trinajstić information content (AvgIpc) is 2.50. The molecule has 104 valence electrons. The van der Waals surface area contributed by atoms with Crippen molar-refractivity contribution in [1.82, 2.24) is 0 Å². The third-order valence-electron chi connectivity index (χ3n) is 3.70. The number of para-hydroxylation sites is 1. The predicted octanol–water partition coefficient (Wildman–Crippen LogP) is 4.22. The highest BCUT2D eigenvalue weighted by Gasteiger charge is 2.14. The molecule has 0 spiro atoms. The summed E-state index contributed by atoms with van der Waals surface area (Å²) in [6.45, 7) is 1.99. The number of carbonyl (C=O) groups is 1. The number of hydrogen-bond acceptors (Lipinski definition) is 2. The summed E-state index contributed by atoms with van der Waals surface area (Å²) in [6, 6.07) is 15.8. The molecule has 21 heavy (non-hydrogen) atoms. The first-order chi connectivity index (χ1) is 10.1. The summed E-state index contributed by atoms with van der Waals surface area (Å²) in [7, 11) is 1.98. The molecule has 2 heteroatoms. The summed E-state index contributed by atoms with van der Waals surface area (Å²) in [5.41, 5.74) is 5.00. The van der Waals surface area contributed by atoms with Gasteiger partial charge in [-0.1, -0.05) is 48.0 Å². The van der Waals surface area contributed by atoms with Crippen molar-refractivity contribution in [3.8, 4) is 0 Å². The number of rotatable bonds is 2. The van der Waals surface area contributed by atoms with Crippen LogP contribution < -0.4 is 4.90 Å². The SMILES string of the molecule is Cc1cccc(C(=O)/C=C2\C=Cc3ccccc3N2C)c1. The van der Waals surface area contributed by atoms with Crippen molar-refractivity contribution in [1.29, 1.82) is 0 Å². The molecule has 2 aromatic rings. The van der Waals surface area contributed by atoms with Crippen LogP contribution in [0.2, 0.25) is 0 Å². The van der Waals surface area contributed by atoms with Crippen molar-refractivity contribution in [2.24, 2.45) is 0 Å². The molecule has 0 saturated carbocycles. The fourth-order valence-corrected chi connectivity index (χ4v) is 2.52. The first-order valence-corrected chi connectivity index (χ1v) is 6.99. The summed E-state index contributed by atoms with van der Waals surface area (Å²) >= 11 is 0. The molecule has 0 aromatic heterocycles. The van der Waals surface area contributed by atoms with Gasteiger partial charge in [0, 0.05) is 30.1 Å². The van der Waals surface area contributed by atoms with Crippen LogP contribution in [0.3, 0.4) is 0 Å². The summed E-state index contributed by atoms with van der Waals surface area (Å²) in [4.78, 5) is 14.4. The third kappa shape index (κ3) is 2.65. The maximum absolute atomic E-state index is 12.4. The molecule has 0 radical (unpaired) electrons. The standard InChI is InChI=1S/C19H17NO/c1-14-6-5-8-16(12-14)19(21)13-17-11-10-15-7-3-4-9-18(15)20(17)2/h3-13H,1-2H3/b17-13+. The van der Waals surface area contributed by atoms with Crippen molar-refractivity contribution in [2.45, 2.75) is 6.92 Å². The van der Waals surface area contributed by atoms with Crippen molar-refractivity contribution in [3.63, 3.8) is 0 Å². The number of likely N-dealkylation sites (N-methyl/N-ethyl adjacent to an activating group) is 1. The molecule has 0 fully saturated rings. The number of carbonyl (C=O) groups excluding carboxylic acids is 1. The van der Waals surface area contributed by atoms with Crippen molar-refractivity contribution >= 4 is 17.5 Å². The van der Waals surface area contributed by atoms with Crippen LogP contribution in [0.1, 0.15) is 21.5 Å². The molecular weight excluding hydrogens is 258 g/mol. The van der Waals surface area contributed by atoms with Crippen LogP contribution in [0.25, 0.3) is 6.08 Å². The number of hydrogen-bond donors (Lipinski definition) is 0. The topological polar surface area (TPSA) is 20.3 Å². The summed E-state index contributed by atoms with van der Waals surface area (Å²) in [5.74, 6) is 0.0320. The fraction of sp³-hybridized carbons (Fsp3) is 0.105. The number of allylic oxidation sites excluding steroid dienone is 2. The molecule has 0 bridgehead atoms. The lowest BCUT2D eigenvalue weighted by molar-refractivity contribution is 0.104. The molecule has 3 rings (SSSR count). The van der Waals surface area contributed by atoms with Crippen LogP contribution in [0.15, 0.2) is 66.4 Å².